The van der Waals surface area contributed by atoms with Crippen molar-refractivity contribution in [2.24, 2.45) is 10.7 Å². The molecule has 1 aliphatic rings. The number of hydrogen-bond donors (Lipinski definition) is 3. The molecule has 6 heteroatoms. The zero-order chi connectivity index (χ0) is 11.3. The molecule has 1 heterocycles. The van der Waals surface area contributed by atoms with Crippen LogP contribution in [0, 0.1) is 0 Å². The van der Waals surface area contributed by atoms with E-state index in [1.54, 1.807) is 0 Å². The van der Waals surface area contributed by atoms with E-state index < -0.39 is 17.9 Å². The number of carbonyl (C=O) groups is 2. The fourth-order valence-corrected chi connectivity index (χ4v) is 1.40. The normalized spacial score (nSPS) is 16.9. The number of rotatable bonds is 5. The Morgan fingerprint density at radius 1 is 1.60 bits per heavy atom. The average molecular weight is 213 g/mol. The number of carboxylic acids is 1. The Labute approximate surface area is 87.6 Å². The molecule has 0 fully saturated rings. The Morgan fingerprint density at radius 2 is 2.33 bits per heavy atom. The highest BCUT2D eigenvalue weighted by Crippen LogP contribution is 2.05. The van der Waals surface area contributed by atoms with Crippen LogP contribution in [0.15, 0.2) is 4.99 Å². The van der Waals surface area contributed by atoms with Crippen molar-refractivity contribution in [3.05, 3.63) is 0 Å². The molecule has 15 heavy (non-hydrogen) atoms. The van der Waals surface area contributed by atoms with Crippen LogP contribution in [-0.2, 0) is 9.59 Å². The smallest absolute Gasteiger partial charge is 0.326 e. The third-order valence-electron chi connectivity index (χ3n) is 2.19. The van der Waals surface area contributed by atoms with E-state index in [0.29, 0.717) is 5.84 Å². The first-order chi connectivity index (χ1) is 7.09. The third-order valence-corrected chi connectivity index (χ3v) is 2.19. The third kappa shape index (κ3) is 3.97. The number of nitrogens with zero attached hydrogens (tertiary/aromatic N) is 1. The van der Waals surface area contributed by atoms with Crippen molar-refractivity contribution in [2.45, 2.75) is 31.7 Å². The second kappa shape index (κ2) is 5.33. The molecule has 0 saturated heterocycles. The van der Waals surface area contributed by atoms with Gasteiger partial charge in [0.2, 0.25) is 5.91 Å². The van der Waals surface area contributed by atoms with Crippen molar-refractivity contribution in [1.82, 2.24) is 5.32 Å². The van der Waals surface area contributed by atoms with Gasteiger partial charge in [-0.3, -0.25) is 9.79 Å². The molecule has 1 atom stereocenters. The van der Waals surface area contributed by atoms with Gasteiger partial charge in [0.15, 0.2) is 0 Å². The number of aliphatic imine (C=N–C) groups is 1. The maximum absolute atomic E-state index is 10.8. The van der Waals surface area contributed by atoms with E-state index in [1.807, 2.05) is 0 Å². The fourth-order valence-electron chi connectivity index (χ4n) is 1.40. The summed E-state index contributed by atoms with van der Waals surface area (Å²) in [5, 5.41) is 11.7. The Bertz CT molecular complexity index is 288. The summed E-state index contributed by atoms with van der Waals surface area (Å²) in [7, 11) is 0. The van der Waals surface area contributed by atoms with E-state index in [-0.39, 0.29) is 12.8 Å². The van der Waals surface area contributed by atoms with Crippen molar-refractivity contribution >= 4 is 17.7 Å². The number of nitrogens with one attached hydrogen (secondary N) is 1. The summed E-state index contributed by atoms with van der Waals surface area (Å²) < 4.78 is 0. The minimum atomic E-state index is -0.981. The van der Waals surface area contributed by atoms with E-state index in [0.717, 1.165) is 19.4 Å². The molecular formula is C9H15N3O3. The molecule has 1 amide bonds. The monoisotopic (exact) mass is 213 g/mol. The minimum absolute atomic E-state index is 0.0667. The summed E-state index contributed by atoms with van der Waals surface area (Å²) in [6.45, 7) is 0.741. The van der Waals surface area contributed by atoms with Gasteiger partial charge >= 0.3 is 5.97 Å². The quantitative estimate of drug-likeness (QED) is 0.571. The largest absolute Gasteiger partial charge is 0.480 e. The highest BCUT2D eigenvalue weighted by atomic mass is 16.4. The minimum Gasteiger partial charge on any atom is -0.480 e. The van der Waals surface area contributed by atoms with Gasteiger partial charge in [-0.25, -0.2) is 4.79 Å². The van der Waals surface area contributed by atoms with E-state index in [4.69, 9.17) is 10.8 Å². The molecule has 6 nitrogen and oxygen atoms in total. The molecule has 0 bridgehead atoms. The number of hydrogen-bond acceptors (Lipinski definition) is 4. The predicted molar refractivity (Wildman–Crippen MR) is 54.5 cm³/mol. The number of amides is 1. The fraction of sp³-hybridized carbons (Fsp3) is 0.667. The Balaban J connectivity index is 2.42. The number of carboxylic acid groups (broad SMARTS) is 1. The zero-order valence-corrected chi connectivity index (χ0v) is 8.40. The summed E-state index contributed by atoms with van der Waals surface area (Å²) in [5.41, 5.74) is 4.96. The Kier molecular flexibility index (Phi) is 4.08. The van der Waals surface area contributed by atoms with Crippen LogP contribution in [0.25, 0.3) is 0 Å². The van der Waals surface area contributed by atoms with Crippen LogP contribution in [0.5, 0.6) is 0 Å². The van der Waals surface area contributed by atoms with Crippen molar-refractivity contribution in [1.29, 1.82) is 0 Å². The van der Waals surface area contributed by atoms with E-state index in [1.165, 1.54) is 0 Å². The molecule has 0 saturated carbocycles. The highest BCUT2D eigenvalue weighted by molar-refractivity contribution is 5.88. The molecule has 1 unspecified atom stereocenters. The molecule has 0 aromatic heterocycles. The lowest BCUT2D eigenvalue weighted by Gasteiger charge is -2.14. The molecule has 0 aromatic carbocycles. The number of aliphatic carboxylic acids is 1. The summed E-state index contributed by atoms with van der Waals surface area (Å²) in [6.07, 6.45) is 1.99. The second-order valence-electron chi connectivity index (χ2n) is 3.47. The number of primary amides is 1. The molecule has 4 N–H and O–H groups in total. The topological polar surface area (TPSA) is 105 Å². The van der Waals surface area contributed by atoms with Crippen molar-refractivity contribution < 1.29 is 14.7 Å². The first-order valence-corrected chi connectivity index (χ1v) is 4.90. The van der Waals surface area contributed by atoms with Crippen molar-refractivity contribution in [2.75, 3.05) is 6.54 Å². The van der Waals surface area contributed by atoms with Gasteiger partial charge in [0.05, 0.1) is 5.84 Å². The highest BCUT2D eigenvalue weighted by Gasteiger charge is 2.20. The lowest BCUT2D eigenvalue weighted by Crippen LogP contribution is -2.40. The lowest BCUT2D eigenvalue weighted by atomic mass is 10.1. The number of nitrogens with two attached hydrogens (primary N) is 1. The maximum atomic E-state index is 10.8. The van der Waals surface area contributed by atoms with Crippen LogP contribution in [0.3, 0.4) is 0 Å². The predicted octanol–water partition coefficient (Wildman–Crippen LogP) is -0.513. The van der Waals surface area contributed by atoms with Gasteiger partial charge in [0.1, 0.15) is 6.04 Å². The molecule has 0 radical (unpaired) electrons. The molecular weight excluding hydrogens is 198 g/mol. The maximum Gasteiger partial charge on any atom is 0.326 e. The van der Waals surface area contributed by atoms with Gasteiger partial charge in [-0.2, -0.15) is 0 Å². The van der Waals surface area contributed by atoms with E-state index >= 15 is 0 Å². The van der Waals surface area contributed by atoms with Crippen molar-refractivity contribution in [3.63, 3.8) is 0 Å². The van der Waals surface area contributed by atoms with Crippen LogP contribution in [-0.4, -0.2) is 35.4 Å². The van der Waals surface area contributed by atoms with Gasteiger partial charge < -0.3 is 16.2 Å². The van der Waals surface area contributed by atoms with Crippen LogP contribution in [0.1, 0.15) is 25.7 Å². The van der Waals surface area contributed by atoms with Gasteiger partial charge in [0.25, 0.3) is 0 Å². The summed E-state index contributed by atoms with van der Waals surface area (Å²) in [5.74, 6) is -0.755. The zero-order valence-electron chi connectivity index (χ0n) is 8.40. The first-order valence-electron chi connectivity index (χ1n) is 4.90. The number of amidine groups is 1. The van der Waals surface area contributed by atoms with Gasteiger partial charge in [-0.1, -0.05) is 0 Å². The van der Waals surface area contributed by atoms with E-state index in [9.17, 15) is 9.59 Å². The van der Waals surface area contributed by atoms with Crippen LogP contribution in [0.4, 0.5) is 0 Å². The Hall–Kier alpha value is -1.59. The summed E-state index contributed by atoms with van der Waals surface area (Å²) in [4.78, 5) is 25.5. The molecule has 0 aliphatic carbocycles. The van der Waals surface area contributed by atoms with Gasteiger partial charge in [-0.05, 0) is 12.8 Å². The number of carbonyl (C=O) groups excluding carboxylic acids is 1. The average Bonchev–Trinajstić information content (AvgIpc) is 2.63. The molecule has 0 aromatic rings. The summed E-state index contributed by atoms with van der Waals surface area (Å²) in [6, 6.07) is -0.769. The first kappa shape index (κ1) is 11.5. The molecule has 1 aliphatic heterocycles. The molecule has 0 spiro atoms. The van der Waals surface area contributed by atoms with Crippen LogP contribution >= 0.6 is 0 Å². The van der Waals surface area contributed by atoms with Crippen LogP contribution in [0.2, 0.25) is 0 Å². The molecule has 84 valence electrons. The van der Waals surface area contributed by atoms with Crippen molar-refractivity contribution in [3.8, 4) is 0 Å². The van der Waals surface area contributed by atoms with E-state index in [2.05, 4.69) is 10.3 Å². The Morgan fingerprint density at radius 3 is 2.80 bits per heavy atom. The van der Waals surface area contributed by atoms with Gasteiger partial charge in [0, 0.05) is 19.4 Å². The standard InChI is InChI=1S/C9H15N3O3/c10-7(13)4-3-6(9(14)15)12-8-2-1-5-11-8/h6H,1-5H2,(H2,10,13)(H,11,12)(H,14,15). The lowest BCUT2D eigenvalue weighted by molar-refractivity contribution is -0.139. The van der Waals surface area contributed by atoms with Crippen LogP contribution < -0.4 is 11.1 Å². The summed E-state index contributed by atoms with van der Waals surface area (Å²) >= 11 is 0. The van der Waals surface area contributed by atoms with Gasteiger partial charge in [-0.15, -0.1) is 0 Å². The SMILES string of the molecule is NC(=O)CCC(NC1=NCCC1)C(=O)O. The second-order valence-corrected chi connectivity index (χ2v) is 3.47. The molecule has 1 rings (SSSR count).